The summed E-state index contributed by atoms with van der Waals surface area (Å²) in [5.74, 6) is 0. The van der Waals surface area contributed by atoms with Crippen LogP contribution in [0.4, 0.5) is 17.1 Å². The highest BCUT2D eigenvalue weighted by Crippen LogP contribution is 2.36. The van der Waals surface area contributed by atoms with E-state index in [0.29, 0.717) is 21.6 Å². The molecular weight excluding hydrogens is 540 g/mol. The molecule has 0 saturated carbocycles. The summed E-state index contributed by atoms with van der Waals surface area (Å²) in [6.07, 6.45) is 0.885. The van der Waals surface area contributed by atoms with Crippen LogP contribution in [-0.2, 0) is 20.0 Å². The summed E-state index contributed by atoms with van der Waals surface area (Å²) in [4.78, 5) is 1.73. The smallest absolute Gasteiger partial charge is 0.280 e. The summed E-state index contributed by atoms with van der Waals surface area (Å²) in [6.45, 7) is 3.02. The fraction of sp³-hybridized carbons (Fsp3) is 0.217. The fourth-order valence-electron chi connectivity index (χ4n) is 4.08. The van der Waals surface area contributed by atoms with Crippen LogP contribution < -0.4 is 18.8 Å². The molecule has 5 rings (SSSR count). The van der Waals surface area contributed by atoms with Crippen molar-refractivity contribution in [2.45, 2.75) is 16.2 Å². The quantitative estimate of drug-likeness (QED) is 0.325. The van der Waals surface area contributed by atoms with Crippen LogP contribution in [0.3, 0.4) is 0 Å². The van der Waals surface area contributed by atoms with Gasteiger partial charge in [0.25, 0.3) is 20.0 Å². The highest BCUT2D eigenvalue weighted by molar-refractivity contribution is 7.94. The maximum atomic E-state index is 13.7. The van der Waals surface area contributed by atoms with E-state index >= 15 is 0 Å². The van der Waals surface area contributed by atoms with Crippen LogP contribution in [0.15, 0.2) is 81.2 Å². The van der Waals surface area contributed by atoms with E-state index < -0.39 is 20.0 Å². The van der Waals surface area contributed by atoms with Crippen LogP contribution in [0.5, 0.6) is 0 Å². The number of hydrogen-bond donors (Lipinski definition) is 2. The molecule has 2 N–H and O–H groups in total. The first-order valence-electron chi connectivity index (χ1n) is 11.4. The lowest BCUT2D eigenvalue weighted by atomic mass is 10.2. The van der Waals surface area contributed by atoms with Crippen molar-refractivity contribution in [3.8, 4) is 0 Å². The van der Waals surface area contributed by atoms with Crippen LogP contribution in [0.25, 0.3) is 11.0 Å². The van der Waals surface area contributed by atoms with Crippen molar-refractivity contribution >= 4 is 59.9 Å². The predicted octanol–water partition coefficient (Wildman–Crippen LogP) is 3.17. The van der Waals surface area contributed by atoms with Gasteiger partial charge in [0.2, 0.25) is 0 Å². The highest BCUT2D eigenvalue weighted by atomic mass is 35.5. The molecule has 0 aliphatic carbocycles. The fourth-order valence-corrected chi connectivity index (χ4v) is 6.80. The van der Waals surface area contributed by atoms with E-state index in [9.17, 15) is 16.8 Å². The lowest BCUT2D eigenvalue weighted by Crippen LogP contribution is -2.28. The molecule has 194 valence electrons. The van der Waals surface area contributed by atoms with Crippen LogP contribution in [0.2, 0.25) is 0 Å². The molecule has 0 unspecified atom stereocenters. The normalized spacial score (nSPS) is 14.9. The maximum absolute atomic E-state index is 13.7. The molecule has 0 amide bonds. The van der Waals surface area contributed by atoms with Crippen LogP contribution in [0.1, 0.15) is 6.42 Å². The number of anilines is 3. The molecule has 2 heterocycles. The Bertz CT molecular complexity index is 1620. The average molecular weight is 563 g/mol. The topological polar surface area (TPSA) is 138 Å². The number of nitrogens with zero attached hydrogens (tertiary/aromatic N) is 4. The largest absolute Gasteiger partial charge is 0.370 e. The third kappa shape index (κ3) is 5.07. The van der Waals surface area contributed by atoms with Gasteiger partial charge in [-0.05, 0) is 65.7 Å². The molecule has 1 aliphatic heterocycles. The second kappa shape index (κ2) is 10.2. The maximum Gasteiger partial charge on any atom is 0.280 e. The Morgan fingerprint density at radius 1 is 0.946 bits per heavy atom. The van der Waals surface area contributed by atoms with Crippen molar-refractivity contribution < 1.29 is 21.5 Å². The van der Waals surface area contributed by atoms with Crippen molar-refractivity contribution in [3.63, 3.8) is 0 Å². The van der Waals surface area contributed by atoms with E-state index in [2.05, 4.69) is 25.3 Å². The zero-order chi connectivity index (χ0) is 26.0. The van der Waals surface area contributed by atoms with Crippen LogP contribution in [0, 0.1) is 0 Å². The van der Waals surface area contributed by atoms with Crippen molar-refractivity contribution in [2.24, 2.45) is 0 Å². The minimum absolute atomic E-state index is 0.0103. The first-order valence-corrected chi connectivity index (χ1v) is 14.6. The summed E-state index contributed by atoms with van der Waals surface area (Å²) < 4.78 is 61.6. The van der Waals surface area contributed by atoms with Crippen molar-refractivity contribution in [2.75, 3.05) is 39.6 Å². The average Bonchev–Trinajstić information content (AvgIpc) is 3.22. The van der Waals surface area contributed by atoms with Gasteiger partial charge in [0.05, 0.1) is 10.6 Å². The Balaban J connectivity index is 1.60. The molecule has 0 atom stereocenters. The van der Waals surface area contributed by atoms with E-state index in [-0.39, 0.29) is 26.7 Å². The third-order valence-electron chi connectivity index (χ3n) is 5.91. The van der Waals surface area contributed by atoms with Gasteiger partial charge in [-0.2, -0.15) is 12.2 Å². The first kappa shape index (κ1) is 25.3. The molecule has 0 radical (unpaired) electrons. The molecule has 3 aromatic carbocycles. The van der Waals surface area contributed by atoms with Gasteiger partial charge in [-0.15, -0.1) is 0 Å². The molecule has 1 aromatic heterocycles. The molecule has 0 bridgehead atoms. The van der Waals surface area contributed by atoms with E-state index in [1.54, 1.807) is 36.4 Å². The van der Waals surface area contributed by atoms with Gasteiger partial charge in [-0.3, -0.25) is 4.72 Å². The number of rotatable bonds is 7. The molecular formula is C23H23ClN6O5S2. The second-order valence-electron chi connectivity index (χ2n) is 8.32. The minimum atomic E-state index is -4.47. The molecule has 37 heavy (non-hydrogen) atoms. The number of sulfonamides is 2. The number of benzene rings is 3. The lowest BCUT2D eigenvalue weighted by molar-refractivity contribution is 0.315. The minimum Gasteiger partial charge on any atom is -0.370 e. The number of hydrogen-bond acceptors (Lipinski definition) is 9. The molecule has 11 nitrogen and oxygen atoms in total. The molecule has 1 aliphatic rings. The van der Waals surface area contributed by atoms with Gasteiger partial charge in [-0.25, -0.2) is 13.0 Å². The van der Waals surface area contributed by atoms with E-state index in [1.165, 1.54) is 30.3 Å². The summed E-state index contributed by atoms with van der Waals surface area (Å²) in [5.41, 5.74) is 1.02. The van der Waals surface area contributed by atoms with Gasteiger partial charge >= 0.3 is 0 Å². The Morgan fingerprint density at radius 3 is 2.57 bits per heavy atom. The molecule has 14 heteroatoms. The second-order valence-corrected chi connectivity index (χ2v) is 12.3. The summed E-state index contributed by atoms with van der Waals surface area (Å²) in [7, 11) is -8.58. The van der Waals surface area contributed by atoms with Crippen LogP contribution >= 0.6 is 11.8 Å². The van der Waals surface area contributed by atoms with Gasteiger partial charge in [-0.1, -0.05) is 24.3 Å². The molecule has 1 fully saturated rings. The standard InChI is InChI=1S/C23H23ClN6O5S2/c24-30(21-9-4-8-19-23(21)27-35-26-19)37(33,34)22-11-10-17(29-14-5-12-25-13-15-29)16-20(22)28-36(31,32)18-6-2-1-3-7-18/h1-4,6-11,16,25,28H,5,12-15H2. The number of aromatic nitrogens is 2. The molecule has 4 aromatic rings. The summed E-state index contributed by atoms with van der Waals surface area (Å²) in [5, 5.41) is 10.8. The van der Waals surface area contributed by atoms with Crippen LogP contribution in [-0.4, -0.2) is 53.3 Å². The van der Waals surface area contributed by atoms with E-state index in [0.717, 1.165) is 26.1 Å². The first-order chi connectivity index (χ1) is 17.8. The molecule has 1 saturated heterocycles. The predicted molar refractivity (Wildman–Crippen MR) is 141 cm³/mol. The number of halogens is 1. The van der Waals surface area contributed by atoms with Gasteiger partial charge in [0.15, 0.2) is 5.52 Å². The Hall–Kier alpha value is -3.39. The van der Waals surface area contributed by atoms with Gasteiger partial charge < -0.3 is 10.2 Å². The van der Waals surface area contributed by atoms with Crippen molar-refractivity contribution in [1.29, 1.82) is 0 Å². The van der Waals surface area contributed by atoms with Gasteiger partial charge in [0.1, 0.15) is 16.1 Å². The Labute approximate surface area is 219 Å². The van der Waals surface area contributed by atoms with Gasteiger partial charge in [0, 0.05) is 37.1 Å². The molecule has 0 spiro atoms. The highest BCUT2D eigenvalue weighted by Gasteiger charge is 2.31. The number of nitrogens with one attached hydrogen (secondary N) is 2. The zero-order valence-electron chi connectivity index (χ0n) is 19.4. The SMILES string of the molecule is O=S(=O)(Nc1cc(N2CCCNCC2)ccc1S(=O)(=O)N(Cl)c1cccc2nonc12)c1ccccc1. The Kier molecular flexibility index (Phi) is 6.94. The van der Waals surface area contributed by atoms with Crippen molar-refractivity contribution in [3.05, 3.63) is 66.7 Å². The summed E-state index contributed by atoms with van der Waals surface area (Å²) in [6, 6.07) is 16.8. The summed E-state index contributed by atoms with van der Waals surface area (Å²) >= 11 is 6.38. The lowest BCUT2D eigenvalue weighted by Gasteiger charge is -2.25. The van der Waals surface area contributed by atoms with E-state index in [1.807, 2.05) is 0 Å². The zero-order valence-corrected chi connectivity index (χ0v) is 21.8. The van der Waals surface area contributed by atoms with Crippen molar-refractivity contribution in [1.82, 2.24) is 15.6 Å². The monoisotopic (exact) mass is 562 g/mol. The van der Waals surface area contributed by atoms with E-state index in [4.69, 9.17) is 16.4 Å². The third-order valence-corrected chi connectivity index (χ3v) is 9.55. The Morgan fingerprint density at radius 2 is 1.76 bits per heavy atom. The number of fused-ring (bicyclic) bond motifs is 1.